The summed E-state index contributed by atoms with van der Waals surface area (Å²) in [6, 6.07) is 0. The Morgan fingerprint density at radius 3 is 1.86 bits per heavy atom. The molecular weight excluding hydrogens is 348 g/mol. The van der Waals surface area contributed by atoms with Gasteiger partial charge in [0.15, 0.2) is 0 Å². The number of rotatable bonds is 20. The van der Waals surface area contributed by atoms with Crippen LogP contribution >= 0.6 is 0 Å². The van der Waals surface area contributed by atoms with E-state index in [-0.39, 0.29) is 6.10 Å². The van der Waals surface area contributed by atoms with E-state index < -0.39 is 6.10 Å². The minimum Gasteiger partial charge on any atom is -0.380 e. The van der Waals surface area contributed by atoms with E-state index in [4.69, 9.17) is 9.47 Å². The maximum absolute atomic E-state index is 10.2. The SMILES string of the molecule is CCCCCC#CC(O)C[C@H](CCCCCCCCCCCCC)OCOC. The summed E-state index contributed by atoms with van der Waals surface area (Å²) < 4.78 is 10.8. The van der Waals surface area contributed by atoms with Crippen molar-refractivity contribution in [1.82, 2.24) is 0 Å². The Morgan fingerprint density at radius 2 is 1.29 bits per heavy atom. The first-order chi connectivity index (χ1) is 13.7. The molecule has 1 unspecified atom stereocenters. The highest BCUT2D eigenvalue weighted by atomic mass is 16.7. The van der Waals surface area contributed by atoms with Gasteiger partial charge in [0.1, 0.15) is 12.9 Å². The van der Waals surface area contributed by atoms with Crippen LogP contribution in [0.15, 0.2) is 0 Å². The van der Waals surface area contributed by atoms with Gasteiger partial charge in [-0.3, -0.25) is 0 Å². The van der Waals surface area contributed by atoms with Crippen LogP contribution in [0.5, 0.6) is 0 Å². The zero-order valence-electron chi connectivity index (χ0n) is 19.1. The number of hydrogen-bond acceptors (Lipinski definition) is 3. The lowest BCUT2D eigenvalue weighted by Crippen LogP contribution is -2.21. The molecule has 0 aromatic rings. The Morgan fingerprint density at radius 1 is 0.750 bits per heavy atom. The zero-order valence-corrected chi connectivity index (χ0v) is 19.1. The first kappa shape index (κ1) is 27.4. The summed E-state index contributed by atoms with van der Waals surface area (Å²) >= 11 is 0. The van der Waals surface area contributed by atoms with Crippen LogP contribution in [0.25, 0.3) is 0 Å². The summed E-state index contributed by atoms with van der Waals surface area (Å²) in [6.07, 6.45) is 20.2. The van der Waals surface area contributed by atoms with Crippen molar-refractivity contribution in [2.24, 2.45) is 0 Å². The van der Waals surface area contributed by atoms with Crippen molar-refractivity contribution in [2.75, 3.05) is 13.9 Å². The van der Waals surface area contributed by atoms with Gasteiger partial charge in [-0.25, -0.2) is 0 Å². The molecule has 3 heteroatoms. The largest absolute Gasteiger partial charge is 0.380 e. The van der Waals surface area contributed by atoms with E-state index in [2.05, 4.69) is 25.7 Å². The fourth-order valence-electron chi connectivity index (χ4n) is 3.43. The molecule has 0 aliphatic carbocycles. The molecule has 0 aliphatic rings. The van der Waals surface area contributed by atoms with Gasteiger partial charge < -0.3 is 14.6 Å². The Labute approximate surface area is 176 Å². The number of methoxy groups -OCH3 is 1. The van der Waals surface area contributed by atoms with E-state index in [0.29, 0.717) is 13.2 Å². The summed E-state index contributed by atoms with van der Waals surface area (Å²) in [5.74, 6) is 6.08. The molecule has 0 fully saturated rings. The summed E-state index contributed by atoms with van der Waals surface area (Å²) in [5.41, 5.74) is 0. The Balaban J connectivity index is 3.79. The van der Waals surface area contributed by atoms with Crippen molar-refractivity contribution in [3.8, 4) is 11.8 Å². The van der Waals surface area contributed by atoms with Gasteiger partial charge in [-0.2, -0.15) is 0 Å². The van der Waals surface area contributed by atoms with Gasteiger partial charge in [0, 0.05) is 20.0 Å². The summed E-state index contributed by atoms with van der Waals surface area (Å²) in [6.45, 7) is 4.75. The van der Waals surface area contributed by atoms with Gasteiger partial charge >= 0.3 is 0 Å². The first-order valence-corrected chi connectivity index (χ1v) is 12.0. The summed E-state index contributed by atoms with van der Waals surface area (Å²) in [5, 5.41) is 10.2. The molecule has 0 amide bonds. The Hall–Kier alpha value is -0.560. The molecule has 0 aliphatic heterocycles. The smallest absolute Gasteiger partial charge is 0.146 e. The van der Waals surface area contributed by atoms with Crippen LogP contribution in [0.3, 0.4) is 0 Å². The fraction of sp³-hybridized carbons (Fsp3) is 0.920. The van der Waals surface area contributed by atoms with Crippen molar-refractivity contribution in [1.29, 1.82) is 0 Å². The monoisotopic (exact) mass is 396 g/mol. The van der Waals surface area contributed by atoms with Crippen molar-refractivity contribution in [3.05, 3.63) is 0 Å². The molecule has 0 saturated heterocycles. The van der Waals surface area contributed by atoms with Gasteiger partial charge in [0.25, 0.3) is 0 Å². The van der Waals surface area contributed by atoms with Crippen LogP contribution in [-0.4, -0.2) is 31.2 Å². The topological polar surface area (TPSA) is 38.7 Å². The van der Waals surface area contributed by atoms with Gasteiger partial charge in [-0.1, -0.05) is 103 Å². The highest BCUT2D eigenvalue weighted by molar-refractivity contribution is 5.04. The average Bonchev–Trinajstić information content (AvgIpc) is 2.69. The number of ether oxygens (including phenoxy) is 2. The molecule has 0 radical (unpaired) electrons. The van der Waals surface area contributed by atoms with Gasteiger partial charge in [0.05, 0.1) is 6.10 Å². The lowest BCUT2D eigenvalue weighted by Gasteiger charge is -2.18. The van der Waals surface area contributed by atoms with E-state index in [9.17, 15) is 5.11 Å². The average molecular weight is 397 g/mol. The van der Waals surface area contributed by atoms with Crippen molar-refractivity contribution in [2.45, 2.75) is 135 Å². The van der Waals surface area contributed by atoms with Crippen molar-refractivity contribution >= 4 is 0 Å². The fourth-order valence-corrected chi connectivity index (χ4v) is 3.43. The van der Waals surface area contributed by atoms with Crippen molar-refractivity contribution in [3.63, 3.8) is 0 Å². The third kappa shape index (κ3) is 20.2. The number of aliphatic hydroxyl groups is 1. The number of aliphatic hydroxyl groups excluding tert-OH is 1. The molecule has 0 bridgehead atoms. The van der Waals surface area contributed by atoms with Gasteiger partial charge in [-0.15, -0.1) is 5.92 Å². The van der Waals surface area contributed by atoms with E-state index in [1.54, 1.807) is 7.11 Å². The Bertz CT molecular complexity index is 359. The minimum atomic E-state index is -0.587. The van der Waals surface area contributed by atoms with Crippen LogP contribution in [-0.2, 0) is 9.47 Å². The molecule has 3 nitrogen and oxygen atoms in total. The second-order valence-corrected chi connectivity index (χ2v) is 8.05. The normalized spacial score (nSPS) is 13.1. The standard InChI is InChI=1S/C25H48O3/c1-4-6-8-10-11-12-13-14-15-17-19-21-25(28-23-27-3)22-24(26)20-18-16-9-7-5-2/h24-26H,4-17,19,21-23H2,1-3H3/t24?,25-/m0/s1. The van der Waals surface area contributed by atoms with Crippen molar-refractivity contribution < 1.29 is 14.6 Å². The third-order valence-corrected chi connectivity index (χ3v) is 5.21. The maximum atomic E-state index is 10.2. The van der Waals surface area contributed by atoms with E-state index in [1.165, 1.54) is 77.0 Å². The molecular formula is C25H48O3. The quantitative estimate of drug-likeness (QED) is 0.137. The first-order valence-electron chi connectivity index (χ1n) is 12.0. The summed E-state index contributed by atoms with van der Waals surface area (Å²) in [7, 11) is 1.64. The molecule has 28 heavy (non-hydrogen) atoms. The maximum Gasteiger partial charge on any atom is 0.146 e. The number of hydrogen-bond donors (Lipinski definition) is 1. The highest BCUT2D eigenvalue weighted by Crippen LogP contribution is 2.15. The molecule has 0 rings (SSSR count). The third-order valence-electron chi connectivity index (χ3n) is 5.21. The molecule has 2 atom stereocenters. The molecule has 0 spiro atoms. The van der Waals surface area contributed by atoms with Gasteiger partial charge in [-0.05, 0) is 12.8 Å². The highest BCUT2D eigenvalue weighted by Gasteiger charge is 2.13. The number of unbranched alkanes of at least 4 members (excludes halogenated alkanes) is 13. The molecule has 166 valence electrons. The lowest BCUT2D eigenvalue weighted by molar-refractivity contribution is -0.0837. The van der Waals surface area contributed by atoms with Crippen LogP contribution < -0.4 is 0 Å². The van der Waals surface area contributed by atoms with Gasteiger partial charge in [0.2, 0.25) is 0 Å². The summed E-state index contributed by atoms with van der Waals surface area (Å²) in [4.78, 5) is 0. The molecule has 0 heterocycles. The molecule has 0 saturated carbocycles. The zero-order chi connectivity index (χ0) is 20.7. The predicted molar refractivity (Wildman–Crippen MR) is 120 cm³/mol. The minimum absolute atomic E-state index is 0.0402. The predicted octanol–water partition coefficient (Wildman–Crippen LogP) is 7.01. The second kappa shape index (κ2) is 22.7. The second-order valence-electron chi connectivity index (χ2n) is 8.05. The lowest BCUT2D eigenvalue weighted by atomic mass is 10.0. The van der Waals surface area contributed by atoms with Crippen LogP contribution in [0.1, 0.15) is 123 Å². The van der Waals surface area contributed by atoms with Crippen LogP contribution in [0.4, 0.5) is 0 Å². The van der Waals surface area contributed by atoms with E-state index in [1.807, 2.05) is 0 Å². The van der Waals surface area contributed by atoms with Crippen LogP contribution in [0.2, 0.25) is 0 Å². The van der Waals surface area contributed by atoms with Crippen LogP contribution in [0, 0.1) is 11.8 Å². The van der Waals surface area contributed by atoms with E-state index >= 15 is 0 Å². The molecule has 1 N–H and O–H groups in total. The molecule has 0 aromatic heterocycles. The Kier molecular flexibility index (Phi) is 22.3. The van der Waals surface area contributed by atoms with E-state index in [0.717, 1.165) is 25.7 Å². The molecule has 0 aromatic carbocycles.